The number of aliphatic hydroxyl groups is 1. The van der Waals surface area contributed by atoms with Crippen LogP contribution < -0.4 is 9.80 Å². The van der Waals surface area contributed by atoms with E-state index in [1.165, 1.54) is 4.90 Å². The summed E-state index contributed by atoms with van der Waals surface area (Å²) in [4.78, 5) is 35.1. The van der Waals surface area contributed by atoms with Crippen molar-refractivity contribution in [1.29, 1.82) is 0 Å². The van der Waals surface area contributed by atoms with Gasteiger partial charge in [-0.3, -0.25) is 9.69 Å². The molecule has 3 aliphatic rings. The molecule has 4 rings (SSSR count). The Morgan fingerprint density at radius 2 is 1.94 bits per heavy atom. The smallest absolute Gasteiger partial charge is 0.412 e. The van der Waals surface area contributed by atoms with Crippen molar-refractivity contribution < 1.29 is 19.8 Å². The number of piperidine rings is 1. The van der Waals surface area contributed by atoms with E-state index in [1.54, 1.807) is 12.3 Å². The lowest BCUT2D eigenvalue weighted by molar-refractivity contribution is -0.139. The first kappa shape index (κ1) is 21.9. The maximum absolute atomic E-state index is 13.5. The average Bonchev–Trinajstić information content (AvgIpc) is 3.04. The molecule has 1 aliphatic carbocycles. The van der Waals surface area contributed by atoms with Crippen molar-refractivity contribution in [3.63, 3.8) is 0 Å². The second-order valence-corrected chi connectivity index (χ2v) is 9.64. The molecule has 1 aromatic heterocycles. The number of carboxylic acid groups (broad SMARTS) is 1. The second kappa shape index (κ2) is 8.65. The van der Waals surface area contributed by atoms with Crippen molar-refractivity contribution in [2.45, 2.75) is 77.0 Å². The number of carbonyl (C=O) groups is 2. The molecule has 1 unspecified atom stereocenters. The number of amides is 2. The van der Waals surface area contributed by atoms with Gasteiger partial charge in [0.15, 0.2) is 0 Å². The molecule has 170 valence electrons. The number of nitrogens with zero attached hydrogens (tertiary/aromatic N) is 4. The molecule has 1 atom stereocenters. The first-order chi connectivity index (χ1) is 14.8. The standard InChI is InChI=1S/C23H34N4O4/c1-16(2)27(22(30)31)18-6-9-20(24-14-18)25-12-3-10-23(15-25)11-13-26(21(23)29)17-4-7-19(28)8-5-17/h6,9,14,16-17,19,28H,3-5,7-8,10-13,15H2,1-2H3,(H,30,31). The van der Waals surface area contributed by atoms with Crippen molar-refractivity contribution in [3.8, 4) is 0 Å². The Bertz CT molecular complexity index is 806. The van der Waals surface area contributed by atoms with Gasteiger partial charge in [-0.2, -0.15) is 0 Å². The van der Waals surface area contributed by atoms with Crippen molar-refractivity contribution in [3.05, 3.63) is 18.3 Å². The summed E-state index contributed by atoms with van der Waals surface area (Å²) in [5.74, 6) is 1.07. The summed E-state index contributed by atoms with van der Waals surface area (Å²) in [6, 6.07) is 3.76. The van der Waals surface area contributed by atoms with E-state index in [4.69, 9.17) is 0 Å². The normalized spacial score (nSPS) is 29.1. The van der Waals surface area contributed by atoms with Crippen LogP contribution in [0.3, 0.4) is 0 Å². The summed E-state index contributed by atoms with van der Waals surface area (Å²) in [5, 5.41) is 19.3. The van der Waals surface area contributed by atoms with Gasteiger partial charge in [-0.1, -0.05) is 0 Å². The first-order valence-electron chi connectivity index (χ1n) is 11.5. The van der Waals surface area contributed by atoms with Gasteiger partial charge < -0.3 is 20.0 Å². The monoisotopic (exact) mass is 430 g/mol. The van der Waals surface area contributed by atoms with Crippen LogP contribution in [-0.4, -0.2) is 69.9 Å². The lowest BCUT2D eigenvalue weighted by Crippen LogP contribution is -2.50. The predicted molar refractivity (Wildman–Crippen MR) is 118 cm³/mol. The van der Waals surface area contributed by atoms with Crippen LogP contribution in [0.4, 0.5) is 16.3 Å². The van der Waals surface area contributed by atoms with Crippen LogP contribution in [0.2, 0.25) is 0 Å². The highest BCUT2D eigenvalue weighted by atomic mass is 16.4. The molecule has 0 radical (unpaired) electrons. The van der Waals surface area contributed by atoms with E-state index in [9.17, 15) is 19.8 Å². The van der Waals surface area contributed by atoms with Crippen LogP contribution in [0.25, 0.3) is 0 Å². The number of likely N-dealkylation sites (tertiary alicyclic amines) is 1. The van der Waals surface area contributed by atoms with Gasteiger partial charge in [0.2, 0.25) is 5.91 Å². The summed E-state index contributed by atoms with van der Waals surface area (Å²) in [6.45, 7) is 5.99. The van der Waals surface area contributed by atoms with Crippen LogP contribution in [0.1, 0.15) is 58.8 Å². The Kier molecular flexibility index (Phi) is 6.10. The summed E-state index contributed by atoms with van der Waals surface area (Å²) < 4.78 is 0. The predicted octanol–water partition coefficient (Wildman–Crippen LogP) is 3.10. The van der Waals surface area contributed by atoms with Crippen molar-refractivity contribution in [2.24, 2.45) is 5.41 Å². The van der Waals surface area contributed by atoms with Crippen LogP contribution in [0.5, 0.6) is 0 Å². The van der Waals surface area contributed by atoms with E-state index < -0.39 is 6.09 Å². The van der Waals surface area contributed by atoms with Crippen LogP contribution in [-0.2, 0) is 4.79 Å². The van der Waals surface area contributed by atoms with Crippen molar-refractivity contribution in [1.82, 2.24) is 9.88 Å². The average molecular weight is 431 g/mol. The largest absolute Gasteiger partial charge is 0.465 e. The molecule has 8 heteroatoms. The molecule has 8 nitrogen and oxygen atoms in total. The Morgan fingerprint density at radius 1 is 1.19 bits per heavy atom. The lowest BCUT2D eigenvalue weighted by Gasteiger charge is -2.41. The van der Waals surface area contributed by atoms with Crippen molar-refractivity contribution >= 4 is 23.5 Å². The van der Waals surface area contributed by atoms with Gasteiger partial charge >= 0.3 is 6.09 Å². The maximum Gasteiger partial charge on any atom is 0.412 e. The van der Waals surface area contributed by atoms with E-state index >= 15 is 0 Å². The van der Waals surface area contributed by atoms with Crippen molar-refractivity contribution in [2.75, 3.05) is 29.4 Å². The Labute approximate surface area is 183 Å². The Morgan fingerprint density at radius 3 is 2.55 bits per heavy atom. The summed E-state index contributed by atoms with van der Waals surface area (Å²) >= 11 is 0. The third-order valence-corrected chi connectivity index (χ3v) is 7.29. The molecule has 2 amide bonds. The van der Waals surface area contributed by atoms with E-state index in [2.05, 4.69) is 14.8 Å². The lowest BCUT2D eigenvalue weighted by atomic mass is 9.78. The van der Waals surface area contributed by atoms with Gasteiger partial charge in [-0.05, 0) is 70.9 Å². The molecule has 3 fully saturated rings. The molecule has 0 bridgehead atoms. The highest BCUT2D eigenvalue weighted by Gasteiger charge is 2.50. The molecule has 31 heavy (non-hydrogen) atoms. The minimum absolute atomic E-state index is 0.175. The number of pyridine rings is 1. The van der Waals surface area contributed by atoms with Crippen LogP contribution >= 0.6 is 0 Å². The number of carbonyl (C=O) groups excluding carboxylic acids is 1. The number of anilines is 2. The van der Waals surface area contributed by atoms with E-state index in [0.29, 0.717) is 12.2 Å². The number of hydrogen-bond acceptors (Lipinski definition) is 5. The van der Waals surface area contributed by atoms with Gasteiger partial charge in [0.1, 0.15) is 5.82 Å². The van der Waals surface area contributed by atoms with E-state index in [0.717, 1.165) is 63.9 Å². The van der Waals surface area contributed by atoms with Gasteiger partial charge in [-0.15, -0.1) is 0 Å². The zero-order valence-corrected chi connectivity index (χ0v) is 18.5. The molecule has 2 N–H and O–H groups in total. The van der Waals surface area contributed by atoms with Crippen LogP contribution in [0.15, 0.2) is 18.3 Å². The number of aromatic nitrogens is 1. The SMILES string of the molecule is CC(C)N(C(=O)O)c1ccc(N2CCCC3(CCN(C4CCC(O)CC4)C3=O)C2)nc1. The minimum Gasteiger partial charge on any atom is -0.465 e. The first-order valence-corrected chi connectivity index (χ1v) is 11.5. The molecular formula is C23H34N4O4. The summed E-state index contributed by atoms with van der Waals surface area (Å²) in [7, 11) is 0. The molecule has 1 aromatic rings. The van der Waals surface area contributed by atoms with Gasteiger partial charge in [0, 0.05) is 31.7 Å². The van der Waals surface area contributed by atoms with Gasteiger partial charge in [-0.25, -0.2) is 9.78 Å². The highest BCUT2D eigenvalue weighted by Crippen LogP contribution is 2.43. The number of aliphatic hydroxyl groups excluding tert-OH is 1. The Hall–Kier alpha value is -2.35. The molecule has 0 aromatic carbocycles. The van der Waals surface area contributed by atoms with E-state index in [1.807, 2.05) is 19.9 Å². The molecule has 1 spiro atoms. The molecule has 2 saturated heterocycles. The highest BCUT2D eigenvalue weighted by molar-refractivity contribution is 5.87. The molecule has 2 aliphatic heterocycles. The second-order valence-electron chi connectivity index (χ2n) is 9.64. The maximum atomic E-state index is 13.5. The van der Waals surface area contributed by atoms with Gasteiger partial charge in [0.05, 0.1) is 23.4 Å². The minimum atomic E-state index is -0.992. The third-order valence-electron chi connectivity index (χ3n) is 7.29. The fraction of sp³-hybridized carbons (Fsp3) is 0.696. The quantitative estimate of drug-likeness (QED) is 0.762. The zero-order valence-electron chi connectivity index (χ0n) is 18.5. The third kappa shape index (κ3) is 4.22. The number of hydrogen-bond donors (Lipinski definition) is 2. The van der Waals surface area contributed by atoms with E-state index in [-0.39, 0.29) is 29.5 Å². The number of rotatable bonds is 4. The topological polar surface area (TPSA) is 97.2 Å². The fourth-order valence-electron chi connectivity index (χ4n) is 5.61. The zero-order chi connectivity index (χ0) is 22.2. The summed E-state index contributed by atoms with van der Waals surface area (Å²) in [6.07, 6.45) is 6.49. The molecule has 1 saturated carbocycles. The molecular weight excluding hydrogens is 396 g/mol. The summed E-state index contributed by atoms with van der Waals surface area (Å²) in [5.41, 5.74) is 0.209. The Balaban J connectivity index is 1.46. The van der Waals surface area contributed by atoms with Gasteiger partial charge in [0.25, 0.3) is 0 Å². The fourth-order valence-corrected chi connectivity index (χ4v) is 5.61. The molecule has 3 heterocycles. The van der Waals surface area contributed by atoms with Crippen LogP contribution in [0, 0.1) is 5.41 Å².